The molecule has 4 heteroatoms. The van der Waals surface area contributed by atoms with Gasteiger partial charge in [-0.2, -0.15) is 0 Å². The van der Waals surface area contributed by atoms with Gasteiger partial charge in [-0.1, -0.05) is 45.4 Å². The summed E-state index contributed by atoms with van der Waals surface area (Å²) in [5.74, 6) is 0.193. The maximum absolute atomic E-state index is 11.8. The third-order valence-electron chi connectivity index (χ3n) is 3.79. The van der Waals surface area contributed by atoms with Gasteiger partial charge < -0.3 is 4.90 Å². The predicted octanol–water partition coefficient (Wildman–Crippen LogP) is 2.41. The number of carbonyl (C=O) groups is 1. The van der Waals surface area contributed by atoms with Crippen LogP contribution in [0.5, 0.6) is 0 Å². The number of piperazine rings is 1. The zero-order valence-electron chi connectivity index (χ0n) is 12.8. The molecule has 1 rings (SSSR count). The molecule has 1 aliphatic heterocycles. The Labute approximate surface area is 118 Å². The predicted molar refractivity (Wildman–Crippen MR) is 79.8 cm³/mol. The highest BCUT2D eigenvalue weighted by molar-refractivity contribution is 5.75. The first-order chi connectivity index (χ1) is 9.22. The standard InChI is InChI=1S/C15H31N3O/c1-3-4-5-6-7-8-9-10-15(19)16-18-13-11-17(2)12-14-18/h3-14H2,1-2H3,(H,16,19). The van der Waals surface area contributed by atoms with Crippen molar-refractivity contribution in [1.82, 2.24) is 15.3 Å². The molecule has 0 saturated carbocycles. The van der Waals surface area contributed by atoms with Gasteiger partial charge >= 0.3 is 0 Å². The van der Waals surface area contributed by atoms with Crippen molar-refractivity contribution in [2.24, 2.45) is 0 Å². The molecule has 0 aliphatic carbocycles. The Bertz CT molecular complexity index is 238. The van der Waals surface area contributed by atoms with E-state index in [1.807, 2.05) is 0 Å². The lowest BCUT2D eigenvalue weighted by atomic mass is 10.1. The SMILES string of the molecule is CCCCCCCCCC(=O)NN1CCN(C)CC1. The second kappa shape index (κ2) is 10.2. The van der Waals surface area contributed by atoms with Crippen molar-refractivity contribution in [2.45, 2.75) is 58.3 Å². The van der Waals surface area contributed by atoms with Crippen LogP contribution in [0.15, 0.2) is 0 Å². The molecule has 0 aromatic rings. The van der Waals surface area contributed by atoms with E-state index in [-0.39, 0.29) is 5.91 Å². The number of nitrogens with one attached hydrogen (secondary N) is 1. The summed E-state index contributed by atoms with van der Waals surface area (Å²) >= 11 is 0. The van der Waals surface area contributed by atoms with Crippen molar-refractivity contribution in [3.8, 4) is 0 Å². The number of hydrazine groups is 1. The summed E-state index contributed by atoms with van der Waals surface area (Å²) in [7, 11) is 2.12. The summed E-state index contributed by atoms with van der Waals surface area (Å²) in [4.78, 5) is 14.1. The van der Waals surface area contributed by atoms with Gasteiger partial charge in [0.2, 0.25) is 5.91 Å². The van der Waals surface area contributed by atoms with E-state index in [0.29, 0.717) is 6.42 Å². The molecule has 0 radical (unpaired) electrons. The molecular weight excluding hydrogens is 238 g/mol. The van der Waals surface area contributed by atoms with E-state index in [9.17, 15) is 4.79 Å². The molecule has 0 unspecified atom stereocenters. The summed E-state index contributed by atoms with van der Waals surface area (Å²) in [6.45, 7) is 6.20. The number of hydrogen-bond acceptors (Lipinski definition) is 3. The molecule has 0 bridgehead atoms. The fourth-order valence-corrected chi connectivity index (χ4v) is 2.39. The number of unbranched alkanes of at least 4 members (excludes halogenated alkanes) is 6. The Kier molecular flexibility index (Phi) is 8.84. The van der Waals surface area contributed by atoms with Gasteiger partial charge in [-0.15, -0.1) is 0 Å². The third-order valence-corrected chi connectivity index (χ3v) is 3.79. The number of hydrogen-bond donors (Lipinski definition) is 1. The molecule has 1 amide bonds. The minimum Gasteiger partial charge on any atom is -0.304 e. The van der Waals surface area contributed by atoms with E-state index >= 15 is 0 Å². The summed E-state index contributed by atoms with van der Waals surface area (Å²) < 4.78 is 0. The summed E-state index contributed by atoms with van der Waals surface area (Å²) in [5, 5.41) is 2.06. The fourth-order valence-electron chi connectivity index (χ4n) is 2.39. The van der Waals surface area contributed by atoms with E-state index in [2.05, 4.69) is 29.3 Å². The van der Waals surface area contributed by atoms with E-state index in [1.54, 1.807) is 0 Å². The number of likely N-dealkylation sites (N-methyl/N-ethyl adjacent to an activating group) is 1. The smallest absolute Gasteiger partial charge is 0.234 e. The molecule has 1 saturated heterocycles. The van der Waals surface area contributed by atoms with Crippen LogP contribution >= 0.6 is 0 Å². The van der Waals surface area contributed by atoms with Gasteiger partial charge in [0, 0.05) is 32.6 Å². The molecule has 1 fully saturated rings. The van der Waals surface area contributed by atoms with Crippen molar-refractivity contribution >= 4 is 5.91 Å². The lowest BCUT2D eigenvalue weighted by Crippen LogP contribution is -2.52. The van der Waals surface area contributed by atoms with Crippen LogP contribution in [0.4, 0.5) is 0 Å². The lowest BCUT2D eigenvalue weighted by molar-refractivity contribution is -0.126. The van der Waals surface area contributed by atoms with Gasteiger partial charge in [0.05, 0.1) is 0 Å². The van der Waals surface area contributed by atoms with E-state index < -0.39 is 0 Å². The van der Waals surface area contributed by atoms with E-state index in [1.165, 1.54) is 38.5 Å². The van der Waals surface area contributed by atoms with E-state index in [4.69, 9.17) is 0 Å². The van der Waals surface area contributed by atoms with Gasteiger partial charge in [-0.3, -0.25) is 10.2 Å². The summed E-state index contributed by atoms with van der Waals surface area (Å²) in [6.07, 6.45) is 9.52. The Balaban J connectivity index is 1.93. The Hall–Kier alpha value is -0.610. The monoisotopic (exact) mass is 269 g/mol. The second-order valence-electron chi connectivity index (χ2n) is 5.70. The molecule has 0 aromatic carbocycles. The highest BCUT2D eigenvalue weighted by Crippen LogP contribution is 2.08. The topological polar surface area (TPSA) is 35.6 Å². The third kappa shape index (κ3) is 8.22. The fraction of sp³-hybridized carbons (Fsp3) is 0.933. The molecule has 1 aliphatic rings. The number of rotatable bonds is 9. The minimum atomic E-state index is 0.193. The molecule has 0 spiro atoms. The molecule has 112 valence electrons. The molecule has 1 N–H and O–H groups in total. The van der Waals surface area contributed by atoms with Gasteiger partial charge in [0.1, 0.15) is 0 Å². The van der Waals surface area contributed by atoms with Crippen molar-refractivity contribution in [2.75, 3.05) is 33.2 Å². The van der Waals surface area contributed by atoms with Crippen molar-refractivity contribution < 1.29 is 4.79 Å². The van der Waals surface area contributed by atoms with Crippen LogP contribution in [0, 0.1) is 0 Å². The maximum Gasteiger partial charge on any atom is 0.234 e. The normalized spacial score (nSPS) is 17.6. The largest absolute Gasteiger partial charge is 0.304 e. The maximum atomic E-state index is 11.8. The van der Waals surface area contributed by atoms with E-state index in [0.717, 1.165) is 32.6 Å². The van der Waals surface area contributed by atoms with Crippen LogP contribution in [0.3, 0.4) is 0 Å². The zero-order chi connectivity index (χ0) is 13.9. The van der Waals surface area contributed by atoms with Crippen LogP contribution in [-0.2, 0) is 4.79 Å². The lowest BCUT2D eigenvalue weighted by Gasteiger charge is -2.32. The average molecular weight is 269 g/mol. The minimum absolute atomic E-state index is 0.193. The van der Waals surface area contributed by atoms with Crippen molar-refractivity contribution in [3.05, 3.63) is 0 Å². The van der Waals surface area contributed by atoms with Gasteiger partial charge in [0.15, 0.2) is 0 Å². The number of carbonyl (C=O) groups excluding carboxylic acids is 1. The highest BCUT2D eigenvalue weighted by Gasteiger charge is 2.15. The molecule has 4 nitrogen and oxygen atoms in total. The van der Waals surface area contributed by atoms with Crippen molar-refractivity contribution in [3.63, 3.8) is 0 Å². The first kappa shape index (κ1) is 16.4. The van der Waals surface area contributed by atoms with Crippen LogP contribution in [0.1, 0.15) is 58.3 Å². The van der Waals surface area contributed by atoms with Gasteiger partial charge in [-0.25, -0.2) is 5.01 Å². The first-order valence-corrected chi connectivity index (χ1v) is 7.95. The second-order valence-corrected chi connectivity index (χ2v) is 5.70. The first-order valence-electron chi connectivity index (χ1n) is 7.95. The Morgan fingerprint density at radius 3 is 2.16 bits per heavy atom. The number of nitrogens with zero attached hydrogens (tertiary/aromatic N) is 2. The summed E-state index contributed by atoms with van der Waals surface area (Å²) in [6, 6.07) is 0. The molecule has 0 aromatic heterocycles. The molecule has 19 heavy (non-hydrogen) atoms. The van der Waals surface area contributed by atoms with Crippen LogP contribution in [-0.4, -0.2) is 49.0 Å². The quantitative estimate of drug-likeness (QED) is 0.653. The van der Waals surface area contributed by atoms with Gasteiger partial charge in [0.25, 0.3) is 0 Å². The van der Waals surface area contributed by atoms with Crippen LogP contribution < -0.4 is 5.43 Å². The molecule has 1 heterocycles. The van der Waals surface area contributed by atoms with Crippen LogP contribution in [0.2, 0.25) is 0 Å². The Morgan fingerprint density at radius 1 is 0.947 bits per heavy atom. The van der Waals surface area contributed by atoms with Crippen LogP contribution in [0.25, 0.3) is 0 Å². The molecular formula is C15H31N3O. The summed E-state index contributed by atoms with van der Waals surface area (Å²) in [5.41, 5.74) is 3.02. The van der Waals surface area contributed by atoms with Gasteiger partial charge in [-0.05, 0) is 13.5 Å². The Morgan fingerprint density at radius 2 is 1.53 bits per heavy atom. The number of amides is 1. The molecule has 0 atom stereocenters. The highest BCUT2D eigenvalue weighted by atomic mass is 16.2. The van der Waals surface area contributed by atoms with Crippen molar-refractivity contribution in [1.29, 1.82) is 0 Å². The average Bonchev–Trinajstić information content (AvgIpc) is 2.40. The zero-order valence-corrected chi connectivity index (χ0v) is 12.8.